The SMILES string of the molecule is CCCNC1C(C)C(c2ccc(Br)cc2)C1(C)CC. The van der Waals surface area contributed by atoms with Crippen LogP contribution in [-0.4, -0.2) is 12.6 Å². The molecule has 1 aromatic carbocycles. The van der Waals surface area contributed by atoms with Crippen LogP contribution in [0.4, 0.5) is 0 Å². The van der Waals surface area contributed by atoms with Crippen molar-refractivity contribution in [2.24, 2.45) is 11.3 Å². The third-order valence-electron chi connectivity index (χ3n) is 5.08. The Balaban J connectivity index is 2.19. The van der Waals surface area contributed by atoms with Gasteiger partial charge in [-0.25, -0.2) is 0 Å². The van der Waals surface area contributed by atoms with Gasteiger partial charge in [0.15, 0.2) is 0 Å². The van der Waals surface area contributed by atoms with Crippen molar-refractivity contribution in [1.82, 2.24) is 5.32 Å². The van der Waals surface area contributed by atoms with Crippen LogP contribution in [0.5, 0.6) is 0 Å². The second kappa shape index (κ2) is 5.97. The van der Waals surface area contributed by atoms with E-state index in [0.717, 1.165) is 12.5 Å². The van der Waals surface area contributed by atoms with E-state index in [4.69, 9.17) is 0 Å². The van der Waals surface area contributed by atoms with Crippen molar-refractivity contribution >= 4 is 15.9 Å². The molecule has 1 saturated carbocycles. The number of nitrogens with one attached hydrogen (secondary N) is 1. The van der Waals surface area contributed by atoms with Gasteiger partial charge in [0.1, 0.15) is 0 Å². The Bertz CT molecular complexity index is 414. The lowest BCUT2D eigenvalue weighted by Gasteiger charge is -2.60. The number of rotatable bonds is 5. The predicted octanol–water partition coefficient (Wildman–Crippen LogP) is 4.97. The molecule has 0 bridgehead atoms. The van der Waals surface area contributed by atoms with E-state index in [1.165, 1.54) is 22.9 Å². The third-order valence-corrected chi connectivity index (χ3v) is 5.61. The van der Waals surface area contributed by atoms with Crippen LogP contribution in [0.3, 0.4) is 0 Å². The van der Waals surface area contributed by atoms with Gasteiger partial charge in [-0.1, -0.05) is 55.8 Å². The van der Waals surface area contributed by atoms with E-state index in [1.807, 2.05) is 0 Å². The van der Waals surface area contributed by atoms with Crippen molar-refractivity contribution in [3.05, 3.63) is 34.3 Å². The molecule has 0 aliphatic heterocycles. The van der Waals surface area contributed by atoms with E-state index in [9.17, 15) is 0 Å². The summed E-state index contributed by atoms with van der Waals surface area (Å²) >= 11 is 3.53. The zero-order valence-corrected chi connectivity index (χ0v) is 14.1. The molecule has 2 rings (SSSR count). The Hall–Kier alpha value is -0.340. The van der Waals surface area contributed by atoms with E-state index < -0.39 is 0 Å². The fourth-order valence-corrected chi connectivity index (χ4v) is 4.25. The summed E-state index contributed by atoms with van der Waals surface area (Å²) in [6.45, 7) is 10.6. The average Bonchev–Trinajstić information content (AvgIpc) is 2.41. The van der Waals surface area contributed by atoms with Crippen molar-refractivity contribution in [2.75, 3.05) is 6.54 Å². The van der Waals surface area contributed by atoms with Crippen LogP contribution in [0.25, 0.3) is 0 Å². The molecular weight excluding hydrogens is 298 g/mol. The number of hydrogen-bond acceptors (Lipinski definition) is 1. The minimum Gasteiger partial charge on any atom is -0.313 e. The van der Waals surface area contributed by atoms with Crippen LogP contribution in [0.2, 0.25) is 0 Å². The van der Waals surface area contributed by atoms with Crippen LogP contribution in [0.1, 0.15) is 52.0 Å². The highest BCUT2D eigenvalue weighted by Crippen LogP contribution is 2.58. The van der Waals surface area contributed by atoms with E-state index in [0.29, 0.717) is 17.4 Å². The summed E-state index contributed by atoms with van der Waals surface area (Å²) < 4.78 is 1.17. The average molecular weight is 324 g/mol. The molecule has 1 nitrogen and oxygen atoms in total. The maximum Gasteiger partial charge on any atom is 0.0175 e. The Morgan fingerprint density at radius 1 is 1.21 bits per heavy atom. The lowest BCUT2D eigenvalue weighted by Crippen LogP contribution is -2.62. The van der Waals surface area contributed by atoms with Crippen LogP contribution in [0, 0.1) is 11.3 Å². The number of hydrogen-bond donors (Lipinski definition) is 1. The highest BCUT2D eigenvalue weighted by Gasteiger charge is 2.55. The standard InChI is InChI=1S/C17H26BrN/c1-5-11-19-16-12(3)15(17(16,4)6-2)13-7-9-14(18)10-8-13/h7-10,12,15-16,19H,5-6,11H2,1-4H3. The largest absolute Gasteiger partial charge is 0.313 e. The first kappa shape index (κ1) is 15.1. The fraction of sp³-hybridized carbons (Fsp3) is 0.647. The van der Waals surface area contributed by atoms with Crippen molar-refractivity contribution in [2.45, 2.75) is 52.5 Å². The summed E-state index contributed by atoms with van der Waals surface area (Å²) in [6.07, 6.45) is 2.45. The van der Waals surface area contributed by atoms with Crippen LogP contribution < -0.4 is 5.32 Å². The molecule has 0 heterocycles. The molecule has 0 aromatic heterocycles. The first-order valence-electron chi connectivity index (χ1n) is 7.53. The van der Waals surface area contributed by atoms with Gasteiger partial charge >= 0.3 is 0 Å². The summed E-state index contributed by atoms with van der Waals surface area (Å²) in [5.74, 6) is 1.40. The Labute approximate surface area is 126 Å². The number of benzene rings is 1. The summed E-state index contributed by atoms with van der Waals surface area (Å²) in [6, 6.07) is 9.58. The predicted molar refractivity (Wildman–Crippen MR) is 86.5 cm³/mol. The molecule has 0 amide bonds. The first-order valence-corrected chi connectivity index (χ1v) is 8.32. The van der Waals surface area contributed by atoms with Crippen LogP contribution in [-0.2, 0) is 0 Å². The molecule has 0 saturated heterocycles. The lowest BCUT2D eigenvalue weighted by molar-refractivity contribution is -0.0195. The summed E-state index contributed by atoms with van der Waals surface area (Å²) in [5, 5.41) is 3.76. The monoisotopic (exact) mass is 323 g/mol. The van der Waals surface area contributed by atoms with Gasteiger partial charge in [0, 0.05) is 10.5 Å². The van der Waals surface area contributed by atoms with Gasteiger partial charge in [-0.3, -0.25) is 0 Å². The molecule has 106 valence electrons. The molecule has 0 spiro atoms. The summed E-state index contributed by atoms with van der Waals surface area (Å²) in [4.78, 5) is 0. The summed E-state index contributed by atoms with van der Waals surface area (Å²) in [7, 11) is 0. The van der Waals surface area contributed by atoms with E-state index >= 15 is 0 Å². The van der Waals surface area contributed by atoms with Crippen molar-refractivity contribution in [1.29, 1.82) is 0 Å². The van der Waals surface area contributed by atoms with Gasteiger partial charge in [-0.2, -0.15) is 0 Å². The van der Waals surface area contributed by atoms with Crippen LogP contribution >= 0.6 is 15.9 Å². The highest BCUT2D eigenvalue weighted by atomic mass is 79.9. The normalized spacial score (nSPS) is 34.1. The molecule has 1 aliphatic carbocycles. The molecular formula is C17H26BrN. The second-order valence-corrected chi connectivity index (χ2v) is 7.10. The molecule has 1 fully saturated rings. The molecule has 0 radical (unpaired) electrons. The molecule has 4 unspecified atom stereocenters. The highest BCUT2D eigenvalue weighted by molar-refractivity contribution is 9.10. The van der Waals surface area contributed by atoms with Crippen molar-refractivity contribution in [3.8, 4) is 0 Å². The zero-order chi connectivity index (χ0) is 14.0. The van der Waals surface area contributed by atoms with Crippen LogP contribution in [0.15, 0.2) is 28.7 Å². The zero-order valence-electron chi connectivity index (χ0n) is 12.5. The molecule has 2 heteroatoms. The van der Waals surface area contributed by atoms with E-state index in [-0.39, 0.29) is 0 Å². The third kappa shape index (κ3) is 2.62. The maximum absolute atomic E-state index is 3.76. The van der Waals surface area contributed by atoms with E-state index in [2.05, 4.69) is 73.2 Å². The van der Waals surface area contributed by atoms with E-state index in [1.54, 1.807) is 0 Å². The maximum atomic E-state index is 3.76. The Morgan fingerprint density at radius 2 is 1.84 bits per heavy atom. The smallest absolute Gasteiger partial charge is 0.0175 e. The molecule has 1 aliphatic rings. The fourth-order valence-electron chi connectivity index (χ4n) is 3.98. The minimum absolute atomic E-state index is 0.391. The van der Waals surface area contributed by atoms with Gasteiger partial charge in [0.25, 0.3) is 0 Å². The van der Waals surface area contributed by atoms with Gasteiger partial charge < -0.3 is 5.32 Å². The minimum atomic E-state index is 0.391. The summed E-state index contributed by atoms with van der Waals surface area (Å²) in [5.41, 5.74) is 1.89. The Kier molecular flexibility index (Phi) is 4.73. The molecule has 19 heavy (non-hydrogen) atoms. The van der Waals surface area contributed by atoms with Gasteiger partial charge in [-0.05, 0) is 54.3 Å². The first-order chi connectivity index (χ1) is 9.04. The van der Waals surface area contributed by atoms with Gasteiger partial charge in [-0.15, -0.1) is 0 Å². The quantitative estimate of drug-likeness (QED) is 0.806. The molecule has 4 atom stereocenters. The van der Waals surface area contributed by atoms with Crippen molar-refractivity contribution in [3.63, 3.8) is 0 Å². The molecule has 1 aromatic rings. The molecule has 1 N–H and O–H groups in total. The van der Waals surface area contributed by atoms with Gasteiger partial charge in [0.2, 0.25) is 0 Å². The topological polar surface area (TPSA) is 12.0 Å². The van der Waals surface area contributed by atoms with Gasteiger partial charge in [0.05, 0.1) is 0 Å². The second-order valence-electron chi connectivity index (χ2n) is 6.18. The number of halogens is 1. The van der Waals surface area contributed by atoms with Crippen molar-refractivity contribution < 1.29 is 0 Å². The Morgan fingerprint density at radius 3 is 2.37 bits per heavy atom. The lowest BCUT2D eigenvalue weighted by atomic mass is 9.48.